The molecule has 0 saturated heterocycles. The fraction of sp³-hybridized carbons (Fsp3) is 0.571. The molecule has 0 aromatic rings. The van der Waals surface area contributed by atoms with Gasteiger partial charge in [0, 0.05) is 6.08 Å². The van der Waals surface area contributed by atoms with Crippen molar-refractivity contribution in [3.63, 3.8) is 0 Å². The number of hydrogen-bond donors (Lipinski definition) is 1. The van der Waals surface area contributed by atoms with E-state index in [2.05, 4.69) is 13.8 Å². The first-order valence-corrected chi connectivity index (χ1v) is 3.04. The van der Waals surface area contributed by atoms with Crippen molar-refractivity contribution in [3.05, 3.63) is 12.2 Å². The maximum absolute atomic E-state index is 9.51. The van der Waals surface area contributed by atoms with E-state index in [9.17, 15) is 4.79 Å². The lowest BCUT2D eigenvalue weighted by Crippen LogP contribution is -1.83. The van der Waals surface area contributed by atoms with Crippen LogP contribution in [0, 0.1) is 0 Å². The molecule has 0 aliphatic rings. The highest BCUT2D eigenvalue weighted by molar-refractivity contribution is 5.79. The van der Waals surface area contributed by atoms with Crippen molar-refractivity contribution in [2.24, 2.45) is 0 Å². The Bertz CT molecular complexity index is 84.9. The zero-order valence-corrected chi connectivity index (χ0v) is 6.22. The molecule has 1 N–H and O–H groups in total. The molecule has 0 saturated carbocycles. The molecule has 0 spiro atoms. The Hall–Kier alpha value is -0.790. The first kappa shape index (κ1) is 11.1. The van der Waals surface area contributed by atoms with Gasteiger partial charge in [0.1, 0.15) is 0 Å². The van der Waals surface area contributed by atoms with E-state index in [0.717, 1.165) is 6.08 Å². The van der Waals surface area contributed by atoms with Crippen molar-refractivity contribution in [2.45, 2.75) is 27.2 Å². The highest BCUT2D eigenvalue weighted by Gasteiger charge is 1.76. The van der Waals surface area contributed by atoms with Gasteiger partial charge in [0.25, 0.3) is 0 Å². The Morgan fingerprint density at radius 3 is 1.89 bits per heavy atom. The second-order valence-electron chi connectivity index (χ2n) is 1.55. The second kappa shape index (κ2) is 10.2. The summed E-state index contributed by atoms with van der Waals surface area (Å²) < 4.78 is 0. The van der Waals surface area contributed by atoms with Crippen LogP contribution < -0.4 is 0 Å². The number of hydrogen-bond acceptors (Lipinski definition) is 1. The number of carbonyl (C=O) groups is 1. The van der Waals surface area contributed by atoms with Gasteiger partial charge in [-0.25, -0.2) is 4.79 Å². The van der Waals surface area contributed by atoms with E-state index in [4.69, 9.17) is 5.11 Å². The Labute approximate surface area is 56.2 Å². The van der Waals surface area contributed by atoms with Crippen LogP contribution in [-0.2, 0) is 4.79 Å². The van der Waals surface area contributed by atoms with Gasteiger partial charge in [0.05, 0.1) is 0 Å². The number of carboxylic acid groups (broad SMARTS) is 1. The summed E-state index contributed by atoms with van der Waals surface area (Å²) in [5.74, 6) is -0.891. The maximum atomic E-state index is 9.51. The van der Waals surface area contributed by atoms with Crippen LogP contribution in [0.5, 0.6) is 0 Å². The van der Waals surface area contributed by atoms with Crippen LogP contribution in [0.1, 0.15) is 27.2 Å². The van der Waals surface area contributed by atoms with E-state index in [1.807, 2.05) is 0 Å². The first-order chi connectivity index (χ1) is 4.18. The molecule has 0 aromatic carbocycles. The number of carboxylic acids is 1. The third kappa shape index (κ3) is 40.1. The fourth-order valence-corrected chi connectivity index (χ4v) is 0.143. The minimum absolute atomic E-state index is 0.891. The van der Waals surface area contributed by atoms with Crippen LogP contribution in [0.2, 0.25) is 0 Å². The Kier molecular flexibility index (Phi) is 12.6. The summed E-state index contributed by atoms with van der Waals surface area (Å²) in [6.07, 6.45) is 3.81. The second-order valence-corrected chi connectivity index (χ2v) is 1.55. The van der Waals surface area contributed by atoms with Crippen LogP contribution in [0.4, 0.5) is 0 Å². The first-order valence-electron chi connectivity index (χ1n) is 3.04. The van der Waals surface area contributed by atoms with Crippen molar-refractivity contribution in [3.8, 4) is 0 Å². The average Bonchev–Trinajstić information content (AvgIpc) is 1.67. The normalized spacial score (nSPS) is 8.33. The molecule has 9 heavy (non-hydrogen) atoms. The van der Waals surface area contributed by atoms with Gasteiger partial charge in [-0.15, -0.1) is 0 Å². The molecule has 54 valence electrons. The SMILES string of the molecule is CC=CC(=O)O.CCC. The highest BCUT2D eigenvalue weighted by atomic mass is 16.4. The molecule has 0 aliphatic carbocycles. The minimum Gasteiger partial charge on any atom is -0.478 e. The van der Waals surface area contributed by atoms with Gasteiger partial charge in [-0.1, -0.05) is 26.3 Å². The topological polar surface area (TPSA) is 37.3 Å². The van der Waals surface area contributed by atoms with E-state index in [1.54, 1.807) is 6.92 Å². The molecule has 0 fully saturated rings. The van der Waals surface area contributed by atoms with Gasteiger partial charge in [-0.3, -0.25) is 0 Å². The molecule has 0 aliphatic heterocycles. The monoisotopic (exact) mass is 130 g/mol. The molecular weight excluding hydrogens is 116 g/mol. The van der Waals surface area contributed by atoms with E-state index in [0.29, 0.717) is 0 Å². The quantitative estimate of drug-likeness (QED) is 0.551. The lowest BCUT2D eigenvalue weighted by atomic mass is 10.5. The third-order valence-corrected chi connectivity index (χ3v) is 0.309. The summed E-state index contributed by atoms with van der Waals surface area (Å²) in [7, 11) is 0. The number of allylic oxidation sites excluding steroid dienone is 1. The minimum atomic E-state index is -0.891. The standard InChI is InChI=1S/C4H6O2.C3H8/c1-2-3-4(5)6;1-3-2/h2-3H,1H3,(H,5,6);3H2,1-2H3. The molecule has 0 heterocycles. The van der Waals surface area contributed by atoms with E-state index >= 15 is 0 Å². The molecule has 0 bridgehead atoms. The largest absolute Gasteiger partial charge is 0.478 e. The lowest BCUT2D eigenvalue weighted by Gasteiger charge is -1.68. The lowest BCUT2D eigenvalue weighted by molar-refractivity contribution is -0.131. The highest BCUT2D eigenvalue weighted by Crippen LogP contribution is 1.65. The molecule has 0 atom stereocenters. The van der Waals surface area contributed by atoms with Crippen LogP contribution in [0.15, 0.2) is 12.2 Å². The van der Waals surface area contributed by atoms with Gasteiger partial charge in [0.2, 0.25) is 0 Å². The zero-order chi connectivity index (χ0) is 7.70. The van der Waals surface area contributed by atoms with Gasteiger partial charge >= 0.3 is 5.97 Å². The van der Waals surface area contributed by atoms with Crippen molar-refractivity contribution < 1.29 is 9.90 Å². The summed E-state index contributed by atoms with van der Waals surface area (Å²) in [6, 6.07) is 0. The third-order valence-electron chi connectivity index (χ3n) is 0.309. The van der Waals surface area contributed by atoms with Gasteiger partial charge in [0.15, 0.2) is 0 Å². The molecule has 0 radical (unpaired) electrons. The van der Waals surface area contributed by atoms with Crippen molar-refractivity contribution in [1.29, 1.82) is 0 Å². The van der Waals surface area contributed by atoms with Crippen LogP contribution in [0.3, 0.4) is 0 Å². The van der Waals surface area contributed by atoms with Crippen molar-refractivity contribution >= 4 is 5.97 Å². The molecule has 2 nitrogen and oxygen atoms in total. The summed E-state index contributed by atoms with van der Waals surface area (Å²) in [5.41, 5.74) is 0. The van der Waals surface area contributed by atoms with Crippen LogP contribution in [-0.4, -0.2) is 11.1 Å². The Morgan fingerprint density at radius 2 is 1.89 bits per heavy atom. The predicted molar refractivity (Wildman–Crippen MR) is 38.4 cm³/mol. The average molecular weight is 130 g/mol. The van der Waals surface area contributed by atoms with Crippen molar-refractivity contribution in [1.82, 2.24) is 0 Å². The zero-order valence-electron chi connectivity index (χ0n) is 6.22. The van der Waals surface area contributed by atoms with E-state index in [1.165, 1.54) is 12.5 Å². The molecule has 0 unspecified atom stereocenters. The van der Waals surface area contributed by atoms with Gasteiger partial charge in [-0.05, 0) is 6.92 Å². The molecule has 2 heteroatoms. The molecular formula is C7H14O2. The van der Waals surface area contributed by atoms with E-state index in [-0.39, 0.29) is 0 Å². The summed E-state index contributed by atoms with van der Waals surface area (Å²) >= 11 is 0. The van der Waals surface area contributed by atoms with Gasteiger partial charge in [-0.2, -0.15) is 0 Å². The Balaban J connectivity index is 0. The summed E-state index contributed by atoms with van der Waals surface area (Å²) in [6.45, 7) is 5.91. The maximum Gasteiger partial charge on any atom is 0.327 e. The smallest absolute Gasteiger partial charge is 0.327 e. The van der Waals surface area contributed by atoms with E-state index < -0.39 is 5.97 Å². The Morgan fingerprint density at radius 1 is 1.56 bits per heavy atom. The summed E-state index contributed by atoms with van der Waals surface area (Å²) in [5, 5.41) is 7.83. The molecule has 0 aromatic heterocycles. The summed E-state index contributed by atoms with van der Waals surface area (Å²) in [4.78, 5) is 9.51. The fourth-order valence-electron chi connectivity index (χ4n) is 0.143. The van der Waals surface area contributed by atoms with Crippen LogP contribution in [0.25, 0.3) is 0 Å². The van der Waals surface area contributed by atoms with Crippen molar-refractivity contribution in [2.75, 3.05) is 0 Å². The molecule has 0 rings (SSSR count). The number of rotatable bonds is 1. The number of aliphatic carboxylic acids is 1. The predicted octanol–water partition coefficient (Wildman–Crippen LogP) is 2.06. The van der Waals surface area contributed by atoms with Gasteiger partial charge < -0.3 is 5.11 Å². The van der Waals surface area contributed by atoms with Crippen LogP contribution >= 0.6 is 0 Å². The molecule has 0 amide bonds.